The average molecular weight is 234 g/mol. The number of thiophene rings is 1. The molecule has 0 fully saturated rings. The van der Waals surface area contributed by atoms with Crippen LogP contribution >= 0.6 is 11.3 Å². The lowest BCUT2D eigenvalue weighted by Gasteiger charge is -1.95. The molecule has 0 aliphatic rings. The van der Waals surface area contributed by atoms with E-state index in [4.69, 9.17) is 0 Å². The zero-order chi connectivity index (χ0) is 11.5. The quantitative estimate of drug-likeness (QED) is 0.464. The number of rotatable bonds is 3. The van der Waals surface area contributed by atoms with E-state index in [2.05, 4.69) is 4.98 Å². The van der Waals surface area contributed by atoms with Gasteiger partial charge in [0.15, 0.2) is 6.29 Å². The zero-order valence-corrected chi connectivity index (χ0v) is 8.81. The van der Waals surface area contributed by atoms with Crippen molar-refractivity contribution in [2.75, 3.05) is 0 Å². The number of nitro groups is 1. The Balaban J connectivity index is 2.56. The van der Waals surface area contributed by atoms with E-state index in [0.717, 1.165) is 11.3 Å². The first-order valence-electron chi connectivity index (χ1n) is 4.36. The van der Waals surface area contributed by atoms with Gasteiger partial charge in [-0.3, -0.25) is 19.9 Å². The molecule has 2 aromatic rings. The smallest absolute Gasteiger partial charge is 0.297 e. The van der Waals surface area contributed by atoms with Crippen molar-refractivity contribution >= 4 is 22.6 Å². The van der Waals surface area contributed by atoms with Crippen LogP contribution < -0.4 is 0 Å². The average Bonchev–Trinajstić information content (AvgIpc) is 2.74. The minimum Gasteiger partial charge on any atom is -0.297 e. The molecule has 0 spiro atoms. The molecule has 2 aromatic heterocycles. The second-order valence-electron chi connectivity index (χ2n) is 2.98. The Bertz CT molecular complexity index is 536. The number of aromatic nitrogens is 1. The van der Waals surface area contributed by atoms with Gasteiger partial charge in [-0.2, -0.15) is 0 Å². The largest absolute Gasteiger partial charge is 0.325 e. The molecule has 0 aromatic carbocycles. The summed E-state index contributed by atoms with van der Waals surface area (Å²) in [6, 6.07) is 4.87. The third-order valence-corrected chi connectivity index (χ3v) is 3.02. The van der Waals surface area contributed by atoms with Crippen LogP contribution in [0.3, 0.4) is 0 Å². The molecule has 0 saturated carbocycles. The summed E-state index contributed by atoms with van der Waals surface area (Å²) in [5.74, 6) is 0. The van der Waals surface area contributed by atoms with Gasteiger partial charge in [0.2, 0.25) is 0 Å². The van der Waals surface area contributed by atoms with Crippen molar-refractivity contribution in [2.45, 2.75) is 0 Å². The van der Waals surface area contributed by atoms with Crippen molar-refractivity contribution in [3.8, 4) is 11.1 Å². The number of pyridine rings is 1. The van der Waals surface area contributed by atoms with Crippen LogP contribution in [0.2, 0.25) is 0 Å². The number of carbonyl (C=O) groups excluding carboxylic acids is 1. The van der Waals surface area contributed by atoms with Crippen molar-refractivity contribution in [3.05, 3.63) is 45.6 Å². The molecule has 0 radical (unpaired) electrons. The Kier molecular flexibility index (Phi) is 2.74. The number of hydrogen-bond acceptors (Lipinski definition) is 5. The van der Waals surface area contributed by atoms with Crippen molar-refractivity contribution in [3.63, 3.8) is 0 Å². The highest BCUT2D eigenvalue weighted by Gasteiger charge is 2.17. The number of hydrogen-bond donors (Lipinski definition) is 0. The maximum Gasteiger partial charge on any atom is 0.325 e. The Morgan fingerprint density at radius 1 is 1.50 bits per heavy atom. The molecule has 0 bridgehead atoms. The Hall–Kier alpha value is -2.08. The Labute approximate surface area is 94.5 Å². The minimum atomic E-state index is -0.502. The molecule has 5 nitrogen and oxygen atoms in total. The molecule has 2 heterocycles. The van der Waals surface area contributed by atoms with Crippen LogP contribution in [-0.4, -0.2) is 16.2 Å². The van der Waals surface area contributed by atoms with Gasteiger partial charge in [0.05, 0.1) is 9.80 Å². The van der Waals surface area contributed by atoms with Crippen LogP contribution in [0, 0.1) is 10.1 Å². The highest BCUT2D eigenvalue weighted by molar-refractivity contribution is 7.17. The summed E-state index contributed by atoms with van der Waals surface area (Å²) in [5, 5.41) is 10.6. The van der Waals surface area contributed by atoms with Gasteiger partial charge in [-0.25, -0.2) is 0 Å². The summed E-state index contributed by atoms with van der Waals surface area (Å²) in [4.78, 5) is 25.2. The van der Waals surface area contributed by atoms with Crippen LogP contribution in [-0.2, 0) is 0 Å². The molecule has 0 saturated heterocycles. The Morgan fingerprint density at radius 2 is 2.31 bits per heavy atom. The minimum absolute atomic E-state index is 0.0408. The standard InChI is InChI=1S/C10H6N2O3S/c13-6-9-8(4-10(16-9)12(14)15)7-2-1-3-11-5-7/h1-6H. The summed E-state index contributed by atoms with van der Waals surface area (Å²) in [6.45, 7) is 0. The number of aldehydes is 1. The van der Waals surface area contributed by atoms with Crippen LogP contribution in [0.4, 0.5) is 5.00 Å². The van der Waals surface area contributed by atoms with Gasteiger partial charge in [-0.05, 0) is 6.07 Å². The summed E-state index contributed by atoms with van der Waals surface area (Å²) in [6.07, 6.45) is 3.80. The molecule has 0 aliphatic carbocycles. The van der Waals surface area contributed by atoms with Crippen LogP contribution in [0.25, 0.3) is 11.1 Å². The SMILES string of the molecule is O=Cc1sc([N+](=O)[O-])cc1-c1cccnc1. The molecule has 0 amide bonds. The Morgan fingerprint density at radius 3 is 2.88 bits per heavy atom. The normalized spacial score (nSPS) is 10.0. The van der Waals surface area contributed by atoms with Gasteiger partial charge >= 0.3 is 5.00 Å². The van der Waals surface area contributed by atoms with Crippen molar-refractivity contribution in [1.82, 2.24) is 4.98 Å². The van der Waals surface area contributed by atoms with Crippen molar-refractivity contribution in [1.29, 1.82) is 0 Å². The predicted octanol–water partition coefficient (Wildman–Crippen LogP) is 2.53. The first kappa shape index (κ1) is 10.4. The summed E-state index contributed by atoms with van der Waals surface area (Å²) < 4.78 is 0. The van der Waals surface area contributed by atoms with E-state index >= 15 is 0 Å². The molecule has 0 atom stereocenters. The van der Waals surface area contributed by atoms with E-state index in [1.807, 2.05) is 0 Å². The van der Waals surface area contributed by atoms with E-state index in [-0.39, 0.29) is 5.00 Å². The number of nitrogens with zero attached hydrogens (tertiary/aromatic N) is 2. The highest BCUT2D eigenvalue weighted by Crippen LogP contribution is 2.34. The van der Waals surface area contributed by atoms with Crippen LogP contribution in [0.15, 0.2) is 30.6 Å². The lowest BCUT2D eigenvalue weighted by atomic mass is 10.1. The van der Waals surface area contributed by atoms with Gasteiger partial charge in [0.25, 0.3) is 0 Å². The van der Waals surface area contributed by atoms with Gasteiger partial charge in [0, 0.05) is 29.6 Å². The number of carbonyl (C=O) groups is 1. The monoisotopic (exact) mass is 234 g/mol. The maximum absolute atomic E-state index is 10.8. The second kappa shape index (κ2) is 4.19. The van der Waals surface area contributed by atoms with Crippen LogP contribution in [0.1, 0.15) is 9.67 Å². The predicted molar refractivity (Wildman–Crippen MR) is 59.6 cm³/mol. The van der Waals surface area contributed by atoms with E-state index in [1.165, 1.54) is 6.07 Å². The summed E-state index contributed by atoms with van der Waals surface area (Å²) >= 11 is 0.868. The molecule has 0 unspecified atom stereocenters. The summed E-state index contributed by atoms with van der Waals surface area (Å²) in [7, 11) is 0. The molecular formula is C10H6N2O3S. The topological polar surface area (TPSA) is 73.1 Å². The molecule has 80 valence electrons. The fraction of sp³-hybridized carbons (Fsp3) is 0. The van der Waals surface area contributed by atoms with Crippen molar-refractivity contribution in [2.24, 2.45) is 0 Å². The lowest BCUT2D eigenvalue weighted by Crippen LogP contribution is -1.82. The maximum atomic E-state index is 10.8. The lowest BCUT2D eigenvalue weighted by molar-refractivity contribution is -0.380. The second-order valence-corrected chi connectivity index (χ2v) is 4.04. The van der Waals surface area contributed by atoms with Gasteiger partial charge in [-0.1, -0.05) is 17.4 Å². The van der Waals surface area contributed by atoms with Gasteiger partial charge in [0.1, 0.15) is 0 Å². The van der Waals surface area contributed by atoms with Crippen LogP contribution in [0.5, 0.6) is 0 Å². The molecule has 0 aliphatic heterocycles. The highest BCUT2D eigenvalue weighted by atomic mass is 32.1. The van der Waals surface area contributed by atoms with E-state index < -0.39 is 4.92 Å². The van der Waals surface area contributed by atoms with E-state index in [0.29, 0.717) is 22.3 Å². The first-order valence-corrected chi connectivity index (χ1v) is 5.18. The van der Waals surface area contributed by atoms with E-state index in [1.54, 1.807) is 24.5 Å². The molecule has 6 heteroatoms. The molecular weight excluding hydrogens is 228 g/mol. The third kappa shape index (κ3) is 1.82. The first-order chi connectivity index (χ1) is 7.72. The zero-order valence-electron chi connectivity index (χ0n) is 7.99. The molecule has 16 heavy (non-hydrogen) atoms. The van der Waals surface area contributed by atoms with Gasteiger partial charge in [-0.15, -0.1) is 0 Å². The summed E-state index contributed by atoms with van der Waals surface area (Å²) in [5.41, 5.74) is 1.26. The third-order valence-electron chi connectivity index (χ3n) is 2.01. The van der Waals surface area contributed by atoms with E-state index in [9.17, 15) is 14.9 Å². The molecule has 0 N–H and O–H groups in total. The fourth-order valence-corrected chi connectivity index (χ4v) is 2.13. The van der Waals surface area contributed by atoms with Crippen molar-refractivity contribution < 1.29 is 9.72 Å². The van der Waals surface area contributed by atoms with Gasteiger partial charge < -0.3 is 0 Å². The molecule has 2 rings (SSSR count). The fourth-order valence-electron chi connectivity index (χ4n) is 1.32.